The van der Waals surface area contributed by atoms with Crippen molar-refractivity contribution in [3.63, 3.8) is 0 Å². The van der Waals surface area contributed by atoms with Crippen LogP contribution in [0, 0.1) is 5.82 Å². The van der Waals surface area contributed by atoms with Gasteiger partial charge in [0, 0.05) is 29.1 Å². The first kappa shape index (κ1) is 14.7. The van der Waals surface area contributed by atoms with E-state index in [1.165, 1.54) is 13.2 Å². The average molecular weight is 318 g/mol. The molecule has 0 spiro atoms. The van der Waals surface area contributed by atoms with Crippen LogP contribution in [0.4, 0.5) is 4.39 Å². The fraction of sp³-hybridized carbons (Fsp3) is 0.176. The normalized spacial score (nSPS) is 14.1. The van der Waals surface area contributed by atoms with Crippen LogP contribution in [0.25, 0.3) is 0 Å². The number of carbonyl (C=O) groups excluding carboxylic acids is 1. The smallest absolute Gasteiger partial charge is 0.165 e. The largest absolute Gasteiger partial charge is 0.496 e. The fourth-order valence-corrected chi connectivity index (χ4v) is 2.73. The van der Waals surface area contributed by atoms with Gasteiger partial charge in [-0.3, -0.25) is 9.79 Å². The van der Waals surface area contributed by atoms with Crippen LogP contribution in [-0.2, 0) is 0 Å². The summed E-state index contributed by atoms with van der Waals surface area (Å²) in [7, 11) is 1.47. The zero-order valence-corrected chi connectivity index (χ0v) is 12.7. The van der Waals surface area contributed by atoms with Crippen LogP contribution in [0.2, 0.25) is 5.02 Å². The molecule has 1 heterocycles. The van der Waals surface area contributed by atoms with Crippen molar-refractivity contribution < 1.29 is 13.9 Å². The second kappa shape index (κ2) is 5.89. The number of fused-ring (bicyclic) bond motifs is 1. The highest BCUT2D eigenvalue weighted by Gasteiger charge is 2.24. The summed E-state index contributed by atoms with van der Waals surface area (Å²) in [5, 5.41) is 0.469. The van der Waals surface area contributed by atoms with Crippen molar-refractivity contribution in [2.75, 3.05) is 13.7 Å². The molecule has 0 aliphatic carbocycles. The topological polar surface area (TPSA) is 38.7 Å². The fourth-order valence-electron chi connectivity index (χ4n) is 2.56. The Morgan fingerprint density at radius 1 is 1.23 bits per heavy atom. The molecule has 0 amide bonds. The van der Waals surface area contributed by atoms with E-state index in [1.807, 2.05) is 0 Å². The third-order valence-corrected chi connectivity index (χ3v) is 3.81. The van der Waals surface area contributed by atoms with Gasteiger partial charge >= 0.3 is 0 Å². The molecule has 3 rings (SSSR count). The summed E-state index contributed by atoms with van der Waals surface area (Å²) in [5.41, 5.74) is 1.70. The van der Waals surface area contributed by atoms with Crippen LogP contribution >= 0.6 is 11.6 Å². The van der Waals surface area contributed by atoms with Crippen LogP contribution in [0.15, 0.2) is 41.4 Å². The Morgan fingerprint density at radius 2 is 2.05 bits per heavy atom. The number of aliphatic imine (C=N–C) groups is 1. The zero-order chi connectivity index (χ0) is 15.7. The Hall–Kier alpha value is -2.20. The third kappa shape index (κ3) is 2.50. The summed E-state index contributed by atoms with van der Waals surface area (Å²) in [4.78, 5) is 16.6. The van der Waals surface area contributed by atoms with Gasteiger partial charge in [-0.2, -0.15) is 0 Å². The van der Waals surface area contributed by atoms with Gasteiger partial charge in [0.1, 0.15) is 11.6 Å². The lowest BCUT2D eigenvalue weighted by Gasteiger charge is -2.13. The molecule has 0 fully saturated rings. The quantitative estimate of drug-likeness (QED) is 0.842. The molecule has 0 saturated carbocycles. The molecule has 3 nitrogen and oxygen atoms in total. The number of rotatable bonds is 2. The predicted molar refractivity (Wildman–Crippen MR) is 83.9 cm³/mol. The summed E-state index contributed by atoms with van der Waals surface area (Å²) >= 11 is 6.05. The number of hydrogen-bond donors (Lipinski definition) is 0. The van der Waals surface area contributed by atoms with E-state index in [1.54, 1.807) is 30.3 Å². The van der Waals surface area contributed by atoms with E-state index in [9.17, 15) is 9.18 Å². The van der Waals surface area contributed by atoms with E-state index in [-0.39, 0.29) is 17.8 Å². The Morgan fingerprint density at radius 3 is 2.82 bits per heavy atom. The maximum atomic E-state index is 14.4. The van der Waals surface area contributed by atoms with E-state index in [4.69, 9.17) is 16.3 Å². The van der Waals surface area contributed by atoms with Gasteiger partial charge < -0.3 is 4.74 Å². The minimum absolute atomic E-state index is 0.0271. The second-order valence-electron chi connectivity index (χ2n) is 4.91. The van der Waals surface area contributed by atoms with Crippen LogP contribution in [0.5, 0.6) is 5.75 Å². The van der Waals surface area contributed by atoms with E-state index >= 15 is 0 Å². The molecule has 0 atom stereocenters. The molecule has 1 aliphatic rings. The highest BCUT2D eigenvalue weighted by molar-refractivity contribution is 6.32. The number of hydrogen-bond acceptors (Lipinski definition) is 3. The lowest BCUT2D eigenvalue weighted by Crippen LogP contribution is -2.11. The number of methoxy groups -OCH3 is 1. The number of ether oxygens (including phenoxy) is 1. The van der Waals surface area contributed by atoms with Crippen molar-refractivity contribution in [2.24, 2.45) is 4.99 Å². The van der Waals surface area contributed by atoms with Crippen LogP contribution in [-0.4, -0.2) is 25.1 Å². The maximum absolute atomic E-state index is 14.4. The average Bonchev–Trinajstić information content (AvgIpc) is 2.66. The third-order valence-electron chi connectivity index (χ3n) is 3.58. The van der Waals surface area contributed by atoms with Crippen LogP contribution in [0.3, 0.4) is 0 Å². The predicted octanol–water partition coefficient (Wildman–Crippen LogP) is 3.91. The molecule has 2 aromatic carbocycles. The Kier molecular flexibility index (Phi) is 3.94. The standard InChI is InChI=1S/C17H13ClFNO2/c1-22-15-4-2-3-13(19)16(15)17-12-9-10(18)5-6-11(12)14(21)7-8-20-17/h2-6,9H,7-8H2,1H3. The lowest BCUT2D eigenvalue weighted by atomic mass is 9.94. The monoisotopic (exact) mass is 317 g/mol. The van der Waals surface area contributed by atoms with Gasteiger partial charge in [0.2, 0.25) is 0 Å². The highest BCUT2D eigenvalue weighted by Crippen LogP contribution is 2.29. The molecule has 1 aliphatic heterocycles. The van der Waals surface area contributed by atoms with Crippen molar-refractivity contribution in [1.82, 2.24) is 0 Å². The van der Waals surface area contributed by atoms with Crippen LogP contribution < -0.4 is 4.74 Å². The van der Waals surface area contributed by atoms with Crippen molar-refractivity contribution >= 4 is 23.1 Å². The van der Waals surface area contributed by atoms with Crippen LogP contribution in [0.1, 0.15) is 27.9 Å². The molecule has 0 saturated heterocycles. The van der Waals surface area contributed by atoms with E-state index in [0.29, 0.717) is 34.2 Å². The first-order valence-corrected chi connectivity index (χ1v) is 7.20. The zero-order valence-electron chi connectivity index (χ0n) is 11.9. The van der Waals surface area contributed by atoms with Gasteiger partial charge in [0.15, 0.2) is 5.78 Å². The van der Waals surface area contributed by atoms with Gasteiger partial charge in [-0.05, 0) is 30.3 Å². The molecule has 22 heavy (non-hydrogen) atoms. The molecular weight excluding hydrogens is 305 g/mol. The summed E-state index contributed by atoms with van der Waals surface area (Å²) in [6.45, 7) is 0.304. The minimum Gasteiger partial charge on any atom is -0.496 e. The number of halogens is 2. The number of Topliss-reactive ketones (excluding diaryl/α,β-unsaturated/α-hetero) is 1. The second-order valence-corrected chi connectivity index (χ2v) is 5.35. The Bertz CT molecular complexity index is 786. The van der Waals surface area contributed by atoms with Crippen molar-refractivity contribution in [3.05, 3.63) is 63.9 Å². The number of benzene rings is 2. The number of ketones is 1. The highest BCUT2D eigenvalue weighted by atomic mass is 35.5. The van der Waals surface area contributed by atoms with Crippen molar-refractivity contribution in [2.45, 2.75) is 6.42 Å². The molecule has 0 N–H and O–H groups in total. The van der Waals surface area contributed by atoms with Gasteiger partial charge in [0.05, 0.1) is 18.4 Å². The molecule has 112 valence electrons. The molecule has 0 unspecified atom stereocenters. The number of carbonyl (C=O) groups is 1. The van der Waals surface area contributed by atoms with Gasteiger partial charge in [-0.1, -0.05) is 17.7 Å². The molecular formula is C17H13ClFNO2. The van der Waals surface area contributed by atoms with E-state index < -0.39 is 5.82 Å². The molecule has 5 heteroatoms. The Balaban J connectivity index is 2.28. The first-order valence-electron chi connectivity index (χ1n) is 6.82. The molecule has 0 bridgehead atoms. The van der Waals surface area contributed by atoms with E-state index in [0.717, 1.165) is 0 Å². The molecule has 0 radical (unpaired) electrons. The number of nitrogens with zero attached hydrogens (tertiary/aromatic N) is 1. The molecule has 0 aromatic heterocycles. The first-order chi connectivity index (χ1) is 10.6. The Labute approximate surface area is 132 Å². The summed E-state index contributed by atoms with van der Waals surface area (Å²) < 4.78 is 19.6. The SMILES string of the molecule is COc1cccc(F)c1C1=NCCC(=O)c2ccc(Cl)cc21. The van der Waals surface area contributed by atoms with Crippen molar-refractivity contribution in [1.29, 1.82) is 0 Å². The van der Waals surface area contributed by atoms with Gasteiger partial charge in [-0.15, -0.1) is 0 Å². The van der Waals surface area contributed by atoms with Crippen molar-refractivity contribution in [3.8, 4) is 5.75 Å². The minimum atomic E-state index is -0.446. The van der Waals surface area contributed by atoms with Gasteiger partial charge in [0.25, 0.3) is 0 Å². The molecule has 2 aromatic rings. The summed E-state index contributed by atoms with van der Waals surface area (Å²) in [6, 6.07) is 9.53. The lowest BCUT2D eigenvalue weighted by molar-refractivity contribution is 0.0986. The van der Waals surface area contributed by atoms with Gasteiger partial charge in [-0.25, -0.2) is 4.39 Å². The summed E-state index contributed by atoms with van der Waals surface area (Å²) in [5.74, 6) is -0.0990. The maximum Gasteiger partial charge on any atom is 0.165 e. The summed E-state index contributed by atoms with van der Waals surface area (Å²) in [6.07, 6.45) is 0.287. The van der Waals surface area contributed by atoms with E-state index in [2.05, 4.69) is 4.99 Å².